The van der Waals surface area contributed by atoms with Crippen molar-refractivity contribution in [2.24, 2.45) is 0 Å². The van der Waals surface area contributed by atoms with E-state index in [2.05, 4.69) is 5.43 Å². The summed E-state index contributed by atoms with van der Waals surface area (Å²) in [6.07, 6.45) is 0.298. The van der Waals surface area contributed by atoms with Gasteiger partial charge in [0.1, 0.15) is 5.54 Å². The SMILES string of the molecule is CCOC(=O)C(C)(C)N(C)N[C@@H](C)Cc1cccc(F)c1F. The number of nitrogens with zero attached hydrogens (tertiary/aromatic N) is 1. The minimum absolute atomic E-state index is 0.185. The molecular formula is C16H24F2N2O2. The zero-order chi connectivity index (χ0) is 16.9. The molecule has 1 atom stereocenters. The zero-order valence-corrected chi connectivity index (χ0v) is 13.7. The lowest BCUT2D eigenvalue weighted by Crippen LogP contribution is -2.57. The number of benzene rings is 1. The van der Waals surface area contributed by atoms with E-state index in [0.29, 0.717) is 18.6 Å². The van der Waals surface area contributed by atoms with Gasteiger partial charge in [-0.25, -0.2) is 13.8 Å². The Morgan fingerprint density at radius 2 is 2.05 bits per heavy atom. The molecule has 4 nitrogen and oxygen atoms in total. The summed E-state index contributed by atoms with van der Waals surface area (Å²) in [5.74, 6) is -2.04. The molecule has 22 heavy (non-hydrogen) atoms. The first kappa shape index (κ1) is 18.5. The van der Waals surface area contributed by atoms with Crippen molar-refractivity contribution in [3.8, 4) is 0 Å². The van der Waals surface area contributed by atoms with Crippen LogP contribution in [0.4, 0.5) is 8.78 Å². The van der Waals surface area contributed by atoms with Gasteiger partial charge in [-0.05, 0) is 45.7 Å². The van der Waals surface area contributed by atoms with E-state index >= 15 is 0 Å². The van der Waals surface area contributed by atoms with Crippen LogP contribution in [0.5, 0.6) is 0 Å². The highest BCUT2D eigenvalue weighted by Gasteiger charge is 2.34. The van der Waals surface area contributed by atoms with Crippen molar-refractivity contribution >= 4 is 5.97 Å². The lowest BCUT2D eigenvalue weighted by atomic mass is 10.0. The van der Waals surface area contributed by atoms with Crippen molar-refractivity contribution in [3.05, 3.63) is 35.4 Å². The first-order valence-electron chi connectivity index (χ1n) is 7.30. The Hall–Kier alpha value is -1.53. The van der Waals surface area contributed by atoms with Crippen LogP contribution in [0.15, 0.2) is 18.2 Å². The van der Waals surface area contributed by atoms with Crippen molar-refractivity contribution < 1.29 is 18.3 Å². The fraction of sp³-hybridized carbons (Fsp3) is 0.562. The summed E-state index contributed by atoms with van der Waals surface area (Å²) in [6, 6.07) is 3.93. The maximum Gasteiger partial charge on any atom is 0.327 e. The number of rotatable bonds is 7. The molecule has 0 aliphatic rings. The van der Waals surface area contributed by atoms with Gasteiger partial charge in [0.05, 0.1) is 6.61 Å². The summed E-state index contributed by atoms with van der Waals surface area (Å²) in [5, 5.41) is 1.63. The quantitative estimate of drug-likeness (QED) is 0.620. The Balaban J connectivity index is 2.69. The van der Waals surface area contributed by atoms with Crippen LogP contribution in [-0.4, -0.2) is 36.2 Å². The molecule has 0 radical (unpaired) electrons. The number of carbonyl (C=O) groups excluding carboxylic acids is 1. The van der Waals surface area contributed by atoms with E-state index in [-0.39, 0.29) is 12.0 Å². The molecule has 0 fully saturated rings. The third kappa shape index (κ3) is 4.48. The topological polar surface area (TPSA) is 41.6 Å². The van der Waals surface area contributed by atoms with Crippen LogP contribution in [0.2, 0.25) is 0 Å². The second-order valence-corrected chi connectivity index (χ2v) is 5.79. The van der Waals surface area contributed by atoms with Gasteiger partial charge in [-0.2, -0.15) is 0 Å². The molecular weight excluding hydrogens is 290 g/mol. The molecule has 1 rings (SSSR count). The van der Waals surface area contributed by atoms with E-state index < -0.39 is 17.2 Å². The summed E-state index contributed by atoms with van der Waals surface area (Å²) in [6.45, 7) is 7.35. The number of likely N-dealkylation sites (N-methyl/N-ethyl adjacent to an activating group) is 1. The van der Waals surface area contributed by atoms with Crippen LogP contribution in [-0.2, 0) is 16.0 Å². The molecule has 0 saturated heterocycles. The van der Waals surface area contributed by atoms with E-state index in [1.165, 1.54) is 6.07 Å². The molecule has 0 aliphatic heterocycles. The van der Waals surface area contributed by atoms with Gasteiger partial charge in [-0.15, -0.1) is 0 Å². The Bertz CT molecular complexity index is 521. The lowest BCUT2D eigenvalue weighted by Gasteiger charge is -2.35. The van der Waals surface area contributed by atoms with E-state index in [9.17, 15) is 13.6 Å². The normalized spacial score (nSPS) is 13.3. The van der Waals surface area contributed by atoms with Gasteiger partial charge in [0.15, 0.2) is 11.6 Å². The summed E-state index contributed by atoms with van der Waals surface area (Å²) >= 11 is 0. The molecule has 1 aromatic carbocycles. The standard InChI is InChI=1S/C16H24F2N2O2/c1-6-22-15(21)16(3,4)20(5)19-11(2)10-12-8-7-9-13(17)14(12)18/h7-9,11,19H,6,10H2,1-5H3/t11-/m0/s1. The first-order valence-corrected chi connectivity index (χ1v) is 7.30. The molecule has 0 spiro atoms. The van der Waals surface area contributed by atoms with E-state index in [1.807, 2.05) is 6.92 Å². The molecule has 0 heterocycles. The third-order valence-electron chi connectivity index (χ3n) is 3.59. The number of carbonyl (C=O) groups is 1. The Kier molecular flexibility index (Phi) is 6.44. The zero-order valence-electron chi connectivity index (χ0n) is 13.7. The van der Waals surface area contributed by atoms with Gasteiger partial charge in [0, 0.05) is 13.1 Å². The van der Waals surface area contributed by atoms with Crippen LogP contribution < -0.4 is 5.43 Å². The minimum atomic E-state index is -0.870. The summed E-state index contributed by atoms with van der Waals surface area (Å²) < 4.78 is 31.9. The molecule has 0 bridgehead atoms. The van der Waals surface area contributed by atoms with Crippen LogP contribution in [0.3, 0.4) is 0 Å². The fourth-order valence-corrected chi connectivity index (χ4v) is 2.02. The molecule has 1 N–H and O–H groups in total. The number of ether oxygens (including phenoxy) is 1. The highest BCUT2D eigenvalue weighted by Crippen LogP contribution is 2.16. The molecule has 124 valence electrons. The van der Waals surface area contributed by atoms with E-state index in [1.54, 1.807) is 38.9 Å². The summed E-state index contributed by atoms with van der Waals surface area (Å²) in [5.41, 5.74) is 2.52. The van der Waals surface area contributed by atoms with Crippen molar-refractivity contribution in [2.75, 3.05) is 13.7 Å². The van der Waals surface area contributed by atoms with Crippen molar-refractivity contribution in [2.45, 2.75) is 45.7 Å². The lowest BCUT2D eigenvalue weighted by molar-refractivity contribution is -0.157. The number of nitrogens with one attached hydrogen (secondary N) is 1. The number of hydrogen-bond acceptors (Lipinski definition) is 4. The Labute approximate surface area is 130 Å². The molecule has 0 aromatic heterocycles. The van der Waals surface area contributed by atoms with Crippen LogP contribution in [0, 0.1) is 11.6 Å². The molecule has 0 unspecified atom stereocenters. The third-order valence-corrected chi connectivity index (χ3v) is 3.59. The van der Waals surface area contributed by atoms with Crippen molar-refractivity contribution in [1.82, 2.24) is 10.4 Å². The van der Waals surface area contributed by atoms with Crippen LogP contribution >= 0.6 is 0 Å². The van der Waals surface area contributed by atoms with Gasteiger partial charge in [0.2, 0.25) is 0 Å². The number of hydrogen-bond donors (Lipinski definition) is 1. The second kappa shape index (κ2) is 7.65. The molecule has 1 aromatic rings. The van der Waals surface area contributed by atoms with Gasteiger partial charge >= 0.3 is 5.97 Å². The highest BCUT2D eigenvalue weighted by molar-refractivity contribution is 5.79. The fourth-order valence-electron chi connectivity index (χ4n) is 2.02. The smallest absolute Gasteiger partial charge is 0.327 e. The Morgan fingerprint density at radius 3 is 2.64 bits per heavy atom. The summed E-state index contributed by atoms with van der Waals surface area (Å²) in [4.78, 5) is 11.9. The predicted molar refractivity (Wildman–Crippen MR) is 81.1 cm³/mol. The largest absolute Gasteiger partial charge is 0.465 e. The average molecular weight is 314 g/mol. The average Bonchev–Trinajstić information content (AvgIpc) is 2.44. The van der Waals surface area contributed by atoms with Gasteiger partial charge in [-0.1, -0.05) is 12.1 Å². The second-order valence-electron chi connectivity index (χ2n) is 5.79. The molecule has 6 heteroatoms. The monoisotopic (exact) mass is 314 g/mol. The van der Waals surface area contributed by atoms with Gasteiger partial charge in [-0.3, -0.25) is 10.2 Å². The van der Waals surface area contributed by atoms with E-state index in [0.717, 1.165) is 6.07 Å². The first-order chi connectivity index (χ1) is 10.2. The Morgan fingerprint density at radius 1 is 1.41 bits per heavy atom. The maximum absolute atomic E-state index is 13.7. The van der Waals surface area contributed by atoms with Crippen molar-refractivity contribution in [1.29, 1.82) is 0 Å². The highest BCUT2D eigenvalue weighted by atomic mass is 19.2. The predicted octanol–water partition coefficient (Wildman–Crippen LogP) is 2.67. The number of esters is 1. The minimum Gasteiger partial charge on any atom is -0.465 e. The van der Waals surface area contributed by atoms with Crippen LogP contribution in [0.25, 0.3) is 0 Å². The van der Waals surface area contributed by atoms with Gasteiger partial charge < -0.3 is 4.74 Å². The van der Waals surface area contributed by atoms with Crippen molar-refractivity contribution in [3.63, 3.8) is 0 Å². The molecule has 0 amide bonds. The molecule has 0 aliphatic carbocycles. The maximum atomic E-state index is 13.7. The van der Waals surface area contributed by atoms with E-state index in [4.69, 9.17) is 4.74 Å². The van der Waals surface area contributed by atoms with Gasteiger partial charge in [0.25, 0.3) is 0 Å². The van der Waals surface area contributed by atoms with Crippen LogP contribution in [0.1, 0.15) is 33.3 Å². The molecule has 0 saturated carbocycles. The number of halogens is 2. The summed E-state index contributed by atoms with van der Waals surface area (Å²) in [7, 11) is 1.72. The number of hydrazine groups is 1.